The van der Waals surface area contributed by atoms with Gasteiger partial charge in [0.2, 0.25) is 5.91 Å². The molecule has 4 rings (SSSR count). The molecule has 0 aromatic heterocycles. The molecule has 3 atom stereocenters. The topological polar surface area (TPSA) is 72.8 Å². The molecule has 1 aliphatic rings. The first-order valence-corrected chi connectivity index (χ1v) is 9.48. The van der Waals surface area contributed by atoms with E-state index in [4.69, 9.17) is 0 Å². The lowest BCUT2D eigenvalue weighted by atomic mass is 9.87. The van der Waals surface area contributed by atoms with Gasteiger partial charge in [-0.15, -0.1) is 12.4 Å². The quantitative estimate of drug-likeness (QED) is 0.503. The first kappa shape index (κ1) is 22.7. The average molecular weight is 447 g/mol. The maximum atomic E-state index is 13.3. The highest BCUT2D eigenvalue weighted by Gasteiger charge is 2.48. The Labute approximate surface area is 184 Å². The van der Waals surface area contributed by atoms with E-state index in [9.17, 15) is 23.8 Å². The summed E-state index contributed by atoms with van der Waals surface area (Å²) in [6, 6.07) is 16.6. The Morgan fingerprint density at radius 1 is 0.903 bits per heavy atom. The summed E-state index contributed by atoms with van der Waals surface area (Å²) in [6.07, 6.45) is -0.918. The predicted molar refractivity (Wildman–Crippen MR) is 115 cm³/mol. The van der Waals surface area contributed by atoms with Gasteiger partial charge in [0.05, 0.1) is 12.1 Å². The van der Waals surface area contributed by atoms with Crippen LogP contribution in [-0.2, 0) is 4.79 Å². The second kappa shape index (κ2) is 9.43. The molecule has 0 spiro atoms. The van der Waals surface area contributed by atoms with Gasteiger partial charge in [0.15, 0.2) is 0 Å². The van der Waals surface area contributed by atoms with E-state index in [0.717, 1.165) is 5.56 Å². The van der Waals surface area contributed by atoms with Gasteiger partial charge in [0.1, 0.15) is 23.4 Å². The van der Waals surface area contributed by atoms with Crippen LogP contribution in [0.4, 0.5) is 14.5 Å². The van der Waals surface area contributed by atoms with Crippen LogP contribution in [0.3, 0.4) is 0 Å². The number of aliphatic hydroxyl groups is 1. The summed E-state index contributed by atoms with van der Waals surface area (Å²) < 4.78 is 26.4. The van der Waals surface area contributed by atoms with Gasteiger partial charge >= 0.3 is 0 Å². The Kier molecular flexibility index (Phi) is 6.90. The lowest BCUT2D eigenvalue weighted by molar-refractivity contribution is -0.127. The number of aliphatic hydroxyl groups excluding tert-OH is 1. The maximum Gasteiger partial charge on any atom is 0.247 e. The van der Waals surface area contributed by atoms with Crippen LogP contribution in [0.1, 0.15) is 23.3 Å². The van der Waals surface area contributed by atoms with Crippen LogP contribution in [0.25, 0.3) is 0 Å². The number of carbonyl (C=O) groups excluding carboxylic acids is 1. The van der Waals surface area contributed by atoms with Crippen molar-refractivity contribution in [2.75, 3.05) is 11.4 Å². The van der Waals surface area contributed by atoms with Crippen molar-refractivity contribution in [2.45, 2.75) is 18.2 Å². The molecule has 1 heterocycles. The fourth-order valence-corrected chi connectivity index (χ4v) is 3.63. The van der Waals surface area contributed by atoms with Crippen molar-refractivity contribution < 1.29 is 23.8 Å². The summed E-state index contributed by atoms with van der Waals surface area (Å²) in [4.78, 5) is 14.4. The summed E-state index contributed by atoms with van der Waals surface area (Å²) in [5.74, 6) is -0.902. The molecule has 162 valence electrons. The molecule has 8 heteroatoms. The third-order valence-corrected chi connectivity index (χ3v) is 5.22. The van der Waals surface area contributed by atoms with E-state index in [1.165, 1.54) is 60.7 Å². The molecule has 31 heavy (non-hydrogen) atoms. The summed E-state index contributed by atoms with van der Waals surface area (Å²) in [5, 5.41) is 23.1. The number of amides is 1. The van der Waals surface area contributed by atoms with Crippen molar-refractivity contribution >= 4 is 24.0 Å². The Morgan fingerprint density at radius 3 is 2.03 bits per heavy atom. The molecule has 0 bridgehead atoms. The minimum atomic E-state index is -0.918. The SMILES string of the molecule is Cl.O=C1[C@H](NC[C@@H](O)c2ccc(F)cc2)[C@@H](c2ccc(O)cc2)N1c1ccc(F)cc1. The van der Waals surface area contributed by atoms with Crippen LogP contribution in [0.2, 0.25) is 0 Å². The second-order valence-corrected chi connectivity index (χ2v) is 7.17. The highest BCUT2D eigenvalue weighted by Crippen LogP contribution is 2.39. The standard InChI is InChI=1S/C23H20F2N2O3.ClH/c24-16-5-1-14(2-6-16)20(29)13-26-21-22(15-3-11-19(28)12-4-15)27(23(21)30)18-9-7-17(25)8-10-18;/h1-12,20-22,26,28-29H,13H2;1H/t20-,21-,22-;/m1./s1. The largest absolute Gasteiger partial charge is 0.508 e. The van der Waals surface area contributed by atoms with Crippen molar-refractivity contribution in [3.05, 3.63) is 95.6 Å². The number of nitrogens with zero attached hydrogens (tertiary/aromatic N) is 1. The Hall–Kier alpha value is -3.00. The summed E-state index contributed by atoms with van der Waals surface area (Å²) in [5.41, 5.74) is 1.87. The van der Waals surface area contributed by atoms with Crippen LogP contribution >= 0.6 is 12.4 Å². The van der Waals surface area contributed by atoms with Crippen molar-refractivity contribution in [3.63, 3.8) is 0 Å². The first-order chi connectivity index (χ1) is 14.4. The molecule has 3 N–H and O–H groups in total. The number of anilines is 1. The Morgan fingerprint density at radius 2 is 1.45 bits per heavy atom. The van der Waals surface area contributed by atoms with E-state index in [-0.39, 0.29) is 30.6 Å². The first-order valence-electron chi connectivity index (χ1n) is 9.48. The number of hydrogen-bond donors (Lipinski definition) is 3. The molecular weight excluding hydrogens is 426 g/mol. The number of phenolic OH excluding ortho intramolecular Hbond substituents is 1. The van der Waals surface area contributed by atoms with Crippen molar-refractivity contribution in [2.24, 2.45) is 0 Å². The third kappa shape index (κ3) is 4.69. The molecule has 0 saturated carbocycles. The second-order valence-electron chi connectivity index (χ2n) is 7.17. The zero-order valence-corrected chi connectivity index (χ0v) is 17.1. The Bertz CT molecular complexity index is 1030. The fraction of sp³-hybridized carbons (Fsp3) is 0.174. The lowest BCUT2D eigenvalue weighted by Gasteiger charge is -2.48. The monoisotopic (exact) mass is 446 g/mol. The number of halogens is 3. The molecule has 3 aromatic carbocycles. The van der Waals surface area contributed by atoms with Gasteiger partial charge in [0.25, 0.3) is 0 Å². The van der Waals surface area contributed by atoms with E-state index in [0.29, 0.717) is 11.3 Å². The number of benzene rings is 3. The predicted octanol–water partition coefficient (Wildman–Crippen LogP) is 3.87. The zero-order valence-electron chi connectivity index (χ0n) is 16.3. The molecule has 1 amide bonds. The maximum absolute atomic E-state index is 13.3. The molecule has 1 saturated heterocycles. The van der Waals surface area contributed by atoms with Crippen molar-refractivity contribution in [3.8, 4) is 5.75 Å². The third-order valence-electron chi connectivity index (χ3n) is 5.22. The molecular formula is C23H21ClF2N2O3. The number of carbonyl (C=O) groups is 1. The van der Waals surface area contributed by atoms with Gasteiger partial charge in [0, 0.05) is 12.2 Å². The average Bonchev–Trinajstić information content (AvgIpc) is 2.74. The zero-order chi connectivity index (χ0) is 21.3. The van der Waals surface area contributed by atoms with Crippen molar-refractivity contribution in [1.82, 2.24) is 5.32 Å². The highest BCUT2D eigenvalue weighted by atomic mass is 35.5. The van der Waals surface area contributed by atoms with Gasteiger partial charge in [-0.05, 0) is 59.7 Å². The van der Waals surface area contributed by atoms with Gasteiger partial charge in [-0.25, -0.2) is 8.78 Å². The lowest BCUT2D eigenvalue weighted by Crippen LogP contribution is -2.65. The summed E-state index contributed by atoms with van der Waals surface area (Å²) in [7, 11) is 0. The molecule has 0 radical (unpaired) electrons. The van der Waals surface area contributed by atoms with E-state index < -0.39 is 29.8 Å². The van der Waals surface area contributed by atoms with E-state index >= 15 is 0 Å². The van der Waals surface area contributed by atoms with Crippen LogP contribution in [0.15, 0.2) is 72.8 Å². The minimum Gasteiger partial charge on any atom is -0.508 e. The van der Waals surface area contributed by atoms with Gasteiger partial charge in [-0.3, -0.25) is 4.79 Å². The number of rotatable bonds is 6. The van der Waals surface area contributed by atoms with Gasteiger partial charge in [-0.1, -0.05) is 24.3 Å². The van der Waals surface area contributed by atoms with Crippen LogP contribution in [0, 0.1) is 11.6 Å². The van der Waals surface area contributed by atoms with Crippen LogP contribution < -0.4 is 10.2 Å². The number of aromatic hydroxyl groups is 1. The van der Waals surface area contributed by atoms with E-state index in [1.807, 2.05) is 0 Å². The highest BCUT2D eigenvalue weighted by molar-refractivity contribution is 6.05. The Balaban J connectivity index is 0.00000272. The number of phenols is 1. The van der Waals surface area contributed by atoms with Crippen LogP contribution in [0.5, 0.6) is 5.75 Å². The van der Waals surface area contributed by atoms with E-state index in [2.05, 4.69) is 5.32 Å². The van der Waals surface area contributed by atoms with E-state index in [1.54, 1.807) is 17.0 Å². The molecule has 3 aromatic rings. The molecule has 1 fully saturated rings. The summed E-state index contributed by atoms with van der Waals surface area (Å²) in [6.45, 7) is 0.0912. The normalized spacial score (nSPS) is 18.8. The molecule has 1 aliphatic heterocycles. The van der Waals surface area contributed by atoms with Crippen molar-refractivity contribution in [1.29, 1.82) is 0 Å². The van der Waals surface area contributed by atoms with Crippen LogP contribution in [-0.4, -0.2) is 28.7 Å². The molecule has 5 nitrogen and oxygen atoms in total. The molecule has 0 unspecified atom stereocenters. The number of nitrogens with one attached hydrogen (secondary N) is 1. The fourth-order valence-electron chi connectivity index (χ4n) is 3.63. The van der Waals surface area contributed by atoms with Gasteiger partial charge in [-0.2, -0.15) is 0 Å². The minimum absolute atomic E-state index is 0. The molecule has 0 aliphatic carbocycles. The number of β-lactam (4-membered cyclic amide) rings is 1. The summed E-state index contributed by atoms with van der Waals surface area (Å²) >= 11 is 0. The van der Waals surface area contributed by atoms with Gasteiger partial charge < -0.3 is 20.4 Å². The smallest absolute Gasteiger partial charge is 0.247 e. The number of hydrogen-bond acceptors (Lipinski definition) is 4.